The molecular weight excluding hydrogens is 252 g/mol. The van der Waals surface area contributed by atoms with E-state index in [0.717, 1.165) is 25.1 Å². The maximum Gasteiger partial charge on any atom is 0.228 e. The van der Waals surface area contributed by atoms with Crippen molar-refractivity contribution in [3.8, 4) is 5.75 Å². The smallest absolute Gasteiger partial charge is 0.228 e. The van der Waals surface area contributed by atoms with E-state index in [9.17, 15) is 4.79 Å². The molecule has 1 aliphatic rings. The molecule has 1 unspecified atom stereocenters. The van der Waals surface area contributed by atoms with E-state index in [-0.39, 0.29) is 11.8 Å². The number of halogens is 1. The third kappa shape index (κ3) is 2.76. The molecule has 98 valence electrons. The van der Waals surface area contributed by atoms with Crippen molar-refractivity contribution in [1.82, 2.24) is 5.32 Å². The molecule has 4 nitrogen and oxygen atoms in total. The maximum atomic E-state index is 12.0. The lowest BCUT2D eigenvalue weighted by Crippen LogP contribution is -2.24. The second-order valence-electron chi connectivity index (χ2n) is 4.48. The van der Waals surface area contributed by atoms with Crippen LogP contribution in [0.2, 0.25) is 5.02 Å². The first-order valence-corrected chi connectivity index (χ1v) is 6.35. The molecule has 2 N–H and O–H groups in total. The standard InChI is InChI=1S/C13H17ClN2O2/c1-8-5-11(12(18-2)6-10(8)14)16-13(17)9-3-4-15-7-9/h5-6,9,15H,3-4,7H2,1-2H3,(H,16,17). The average molecular weight is 269 g/mol. The van der Waals surface area contributed by atoms with Crippen LogP contribution in [0.4, 0.5) is 5.69 Å². The Morgan fingerprint density at radius 2 is 2.33 bits per heavy atom. The van der Waals surface area contributed by atoms with Gasteiger partial charge in [0.2, 0.25) is 5.91 Å². The topological polar surface area (TPSA) is 50.4 Å². The van der Waals surface area contributed by atoms with Crippen molar-refractivity contribution < 1.29 is 9.53 Å². The Morgan fingerprint density at radius 1 is 1.56 bits per heavy atom. The molecule has 1 aromatic carbocycles. The highest BCUT2D eigenvalue weighted by atomic mass is 35.5. The van der Waals surface area contributed by atoms with Crippen molar-refractivity contribution >= 4 is 23.2 Å². The third-order valence-corrected chi connectivity index (χ3v) is 3.58. The highest BCUT2D eigenvalue weighted by Gasteiger charge is 2.23. The molecule has 2 rings (SSSR count). The van der Waals surface area contributed by atoms with Crippen LogP contribution in [-0.4, -0.2) is 26.1 Å². The van der Waals surface area contributed by atoms with Crippen molar-refractivity contribution in [2.75, 3.05) is 25.5 Å². The van der Waals surface area contributed by atoms with E-state index in [1.165, 1.54) is 0 Å². The molecule has 1 aromatic rings. The van der Waals surface area contributed by atoms with Crippen LogP contribution in [0.25, 0.3) is 0 Å². The van der Waals surface area contributed by atoms with Gasteiger partial charge in [-0.2, -0.15) is 0 Å². The summed E-state index contributed by atoms with van der Waals surface area (Å²) in [6, 6.07) is 3.56. The Morgan fingerprint density at radius 3 is 2.94 bits per heavy atom. The Kier molecular flexibility index (Phi) is 4.09. The van der Waals surface area contributed by atoms with Gasteiger partial charge in [-0.25, -0.2) is 0 Å². The number of nitrogens with one attached hydrogen (secondary N) is 2. The predicted octanol–water partition coefficient (Wildman–Crippen LogP) is 2.21. The Hall–Kier alpha value is -1.26. The largest absolute Gasteiger partial charge is 0.495 e. The van der Waals surface area contributed by atoms with Crippen molar-refractivity contribution in [1.29, 1.82) is 0 Å². The van der Waals surface area contributed by atoms with E-state index in [1.54, 1.807) is 13.2 Å². The number of ether oxygens (including phenoxy) is 1. The number of hydrogen-bond acceptors (Lipinski definition) is 3. The summed E-state index contributed by atoms with van der Waals surface area (Å²) in [5, 5.41) is 6.72. The van der Waals surface area contributed by atoms with Crippen LogP contribution in [0.3, 0.4) is 0 Å². The Bertz CT molecular complexity index is 457. The van der Waals surface area contributed by atoms with Gasteiger partial charge < -0.3 is 15.4 Å². The monoisotopic (exact) mass is 268 g/mol. The summed E-state index contributed by atoms with van der Waals surface area (Å²) in [6.07, 6.45) is 0.876. The molecule has 1 atom stereocenters. The van der Waals surface area contributed by atoms with Gasteiger partial charge in [-0.1, -0.05) is 11.6 Å². The number of aryl methyl sites for hydroxylation is 1. The zero-order chi connectivity index (χ0) is 13.1. The van der Waals surface area contributed by atoms with Crippen LogP contribution >= 0.6 is 11.6 Å². The SMILES string of the molecule is COc1cc(Cl)c(C)cc1NC(=O)C1CCNC1. The summed E-state index contributed by atoms with van der Waals surface area (Å²) in [7, 11) is 1.56. The van der Waals surface area contributed by atoms with Gasteiger partial charge in [0.25, 0.3) is 0 Å². The fourth-order valence-corrected chi connectivity index (χ4v) is 2.20. The normalized spacial score (nSPS) is 18.7. The number of anilines is 1. The van der Waals surface area contributed by atoms with Gasteiger partial charge in [0.1, 0.15) is 5.75 Å². The molecule has 0 radical (unpaired) electrons. The van der Waals surface area contributed by atoms with Gasteiger partial charge in [0.05, 0.1) is 18.7 Å². The van der Waals surface area contributed by atoms with Crippen molar-refractivity contribution in [2.24, 2.45) is 5.92 Å². The summed E-state index contributed by atoms with van der Waals surface area (Å²) in [6.45, 7) is 3.53. The van der Waals surface area contributed by atoms with Crippen LogP contribution in [0.5, 0.6) is 5.75 Å². The van der Waals surface area contributed by atoms with Crippen LogP contribution in [-0.2, 0) is 4.79 Å². The molecule has 1 amide bonds. The maximum absolute atomic E-state index is 12.0. The summed E-state index contributed by atoms with van der Waals surface area (Å²) in [4.78, 5) is 12.0. The predicted molar refractivity (Wildman–Crippen MR) is 72.3 cm³/mol. The lowest BCUT2D eigenvalue weighted by Gasteiger charge is -2.14. The molecule has 1 heterocycles. The van der Waals surface area contributed by atoms with Gasteiger partial charge in [-0.15, -0.1) is 0 Å². The Balaban J connectivity index is 2.17. The molecule has 1 aliphatic heterocycles. The molecule has 5 heteroatoms. The molecule has 0 bridgehead atoms. The number of benzene rings is 1. The van der Waals surface area contributed by atoms with E-state index in [0.29, 0.717) is 16.5 Å². The summed E-state index contributed by atoms with van der Waals surface area (Å²) in [5.74, 6) is 0.649. The minimum Gasteiger partial charge on any atom is -0.495 e. The first-order chi connectivity index (χ1) is 8.61. The van der Waals surface area contributed by atoms with Gasteiger partial charge in [0, 0.05) is 17.6 Å². The van der Waals surface area contributed by atoms with Crippen molar-refractivity contribution in [3.63, 3.8) is 0 Å². The second-order valence-corrected chi connectivity index (χ2v) is 4.89. The second kappa shape index (κ2) is 5.59. The Labute approximate surface area is 112 Å². The number of methoxy groups -OCH3 is 1. The minimum atomic E-state index is 0.0278. The van der Waals surface area contributed by atoms with Crippen LogP contribution in [0, 0.1) is 12.8 Å². The first-order valence-electron chi connectivity index (χ1n) is 5.97. The molecule has 1 fully saturated rings. The molecule has 0 spiro atoms. The van der Waals surface area contributed by atoms with E-state index < -0.39 is 0 Å². The van der Waals surface area contributed by atoms with Crippen LogP contribution < -0.4 is 15.4 Å². The number of carbonyl (C=O) groups excluding carboxylic acids is 1. The average Bonchev–Trinajstić information content (AvgIpc) is 2.87. The third-order valence-electron chi connectivity index (χ3n) is 3.17. The summed E-state index contributed by atoms with van der Waals surface area (Å²) < 4.78 is 5.23. The lowest BCUT2D eigenvalue weighted by molar-refractivity contribution is -0.119. The zero-order valence-electron chi connectivity index (χ0n) is 10.5. The van der Waals surface area contributed by atoms with E-state index in [4.69, 9.17) is 16.3 Å². The summed E-state index contributed by atoms with van der Waals surface area (Å²) >= 11 is 6.03. The number of amides is 1. The molecule has 18 heavy (non-hydrogen) atoms. The van der Waals surface area contributed by atoms with Crippen molar-refractivity contribution in [2.45, 2.75) is 13.3 Å². The quantitative estimate of drug-likeness (QED) is 0.884. The minimum absolute atomic E-state index is 0.0278. The van der Waals surface area contributed by atoms with Gasteiger partial charge in [-0.05, 0) is 31.5 Å². The highest BCUT2D eigenvalue weighted by Crippen LogP contribution is 2.31. The lowest BCUT2D eigenvalue weighted by atomic mass is 10.1. The summed E-state index contributed by atoms with van der Waals surface area (Å²) in [5.41, 5.74) is 1.59. The molecular formula is C13H17ClN2O2. The fraction of sp³-hybridized carbons (Fsp3) is 0.462. The first kappa shape index (κ1) is 13.2. The van der Waals surface area contributed by atoms with Gasteiger partial charge in [-0.3, -0.25) is 4.79 Å². The van der Waals surface area contributed by atoms with E-state index >= 15 is 0 Å². The highest BCUT2D eigenvalue weighted by molar-refractivity contribution is 6.31. The number of hydrogen-bond donors (Lipinski definition) is 2. The van der Waals surface area contributed by atoms with Crippen molar-refractivity contribution in [3.05, 3.63) is 22.7 Å². The molecule has 0 aliphatic carbocycles. The zero-order valence-corrected chi connectivity index (χ0v) is 11.3. The fourth-order valence-electron chi connectivity index (χ4n) is 2.04. The van der Waals surface area contributed by atoms with E-state index in [2.05, 4.69) is 10.6 Å². The molecule has 0 aromatic heterocycles. The number of rotatable bonds is 3. The van der Waals surface area contributed by atoms with Crippen LogP contribution in [0.1, 0.15) is 12.0 Å². The van der Waals surface area contributed by atoms with E-state index in [1.807, 2.05) is 13.0 Å². The van der Waals surface area contributed by atoms with Gasteiger partial charge >= 0.3 is 0 Å². The van der Waals surface area contributed by atoms with Gasteiger partial charge in [0.15, 0.2) is 0 Å². The molecule has 1 saturated heterocycles. The van der Waals surface area contributed by atoms with Crippen LogP contribution in [0.15, 0.2) is 12.1 Å². The molecule has 0 saturated carbocycles. The number of carbonyl (C=O) groups is 1.